The Bertz CT molecular complexity index is 323. The highest BCUT2D eigenvalue weighted by Crippen LogP contribution is 2.19. The van der Waals surface area contributed by atoms with Crippen LogP contribution in [0.15, 0.2) is 18.2 Å². The topological polar surface area (TPSA) is 21.3 Å². The molecule has 0 aliphatic carbocycles. The molecule has 1 N–H and O–H groups in total. The first-order chi connectivity index (χ1) is 7.63. The molecule has 1 aromatic carbocycles. The van der Waals surface area contributed by atoms with Gasteiger partial charge in [0.05, 0.1) is 0 Å². The Kier molecular flexibility index (Phi) is 5.33. The molecule has 0 aromatic heterocycles. The Labute approximate surface area is 99.0 Å². The molecule has 0 spiro atoms. The van der Waals surface area contributed by atoms with E-state index in [1.807, 2.05) is 0 Å². The maximum Gasteiger partial charge on any atom is 0.122 e. The zero-order valence-electron chi connectivity index (χ0n) is 10.8. The van der Waals surface area contributed by atoms with Crippen LogP contribution in [0.4, 0.5) is 0 Å². The third-order valence-corrected chi connectivity index (χ3v) is 2.58. The van der Waals surface area contributed by atoms with Crippen LogP contribution in [0.2, 0.25) is 0 Å². The zero-order chi connectivity index (χ0) is 12.0. The molecule has 16 heavy (non-hydrogen) atoms. The molecule has 90 valence electrons. The summed E-state index contributed by atoms with van der Waals surface area (Å²) in [5.41, 5.74) is 2.45. The van der Waals surface area contributed by atoms with Crippen LogP contribution in [0.3, 0.4) is 0 Å². The number of hydrogen-bond acceptors (Lipinski definition) is 2. The van der Waals surface area contributed by atoms with Gasteiger partial charge in [0.15, 0.2) is 0 Å². The molecule has 1 unspecified atom stereocenters. The summed E-state index contributed by atoms with van der Waals surface area (Å²) >= 11 is 0. The van der Waals surface area contributed by atoms with Crippen molar-refractivity contribution in [3.63, 3.8) is 0 Å². The highest BCUT2D eigenvalue weighted by Gasteiger charge is 2.04. The Balaban J connectivity index is 2.44. The molecule has 1 rings (SSSR count). The van der Waals surface area contributed by atoms with Gasteiger partial charge in [0.25, 0.3) is 0 Å². The lowest BCUT2D eigenvalue weighted by molar-refractivity contribution is 0.272. The standard InChI is InChI=1S/C14H23NO/c1-5-8-15-13(4)10-16-14-9-11(2)6-7-12(14)3/h6-7,9,13,15H,5,8,10H2,1-4H3. The van der Waals surface area contributed by atoms with Crippen LogP contribution in [-0.2, 0) is 0 Å². The Morgan fingerprint density at radius 1 is 1.31 bits per heavy atom. The second-order valence-electron chi connectivity index (χ2n) is 4.44. The minimum Gasteiger partial charge on any atom is -0.492 e. The third kappa shape index (κ3) is 4.23. The van der Waals surface area contributed by atoms with E-state index in [0.717, 1.165) is 25.3 Å². The third-order valence-electron chi connectivity index (χ3n) is 2.58. The van der Waals surface area contributed by atoms with Gasteiger partial charge in [0.1, 0.15) is 12.4 Å². The molecule has 0 aliphatic rings. The van der Waals surface area contributed by atoms with Crippen LogP contribution in [0.25, 0.3) is 0 Å². The van der Waals surface area contributed by atoms with Gasteiger partial charge in [-0.15, -0.1) is 0 Å². The molecule has 0 saturated heterocycles. The summed E-state index contributed by atoms with van der Waals surface area (Å²) in [4.78, 5) is 0. The van der Waals surface area contributed by atoms with Crippen molar-refractivity contribution in [3.8, 4) is 5.75 Å². The number of hydrogen-bond donors (Lipinski definition) is 1. The number of ether oxygens (including phenoxy) is 1. The van der Waals surface area contributed by atoms with Gasteiger partial charge < -0.3 is 10.1 Å². The van der Waals surface area contributed by atoms with Gasteiger partial charge in [-0.05, 0) is 50.9 Å². The normalized spacial score (nSPS) is 12.5. The van der Waals surface area contributed by atoms with Crippen molar-refractivity contribution < 1.29 is 4.74 Å². The van der Waals surface area contributed by atoms with Crippen molar-refractivity contribution in [1.82, 2.24) is 5.32 Å². The van der Waals surface area contributed by atoms with Crippen molar-refractivity contribution in [2.45, 2.75) is 40.2 Å². The zero-order valence-corrected chi connectivity index (χ0v) is 10.8. The molecule has 0 amide bonds. The van der Waals surface area contributed by atoms with Crippen LogP contribution in [0, 0.1) is 13.8 Å². The van der Waals surface area contributed by atoms with Gasteiger partial charge in [0, 0.05) is 6.04 Å². The average Bonchev–Trinajstić information content (AvgIpc) is 2.27. The van der Waals surface area contributed by atoms with E-state index in [-0.39, 0.29) is 0 Å². The number of aryl methyl sites for hydroxylation is 2. The predicted molar refractivity (Wildman–Crippen MR) is 69.2 cm³/mol. The number of rotatable bonds is 6. The van der Waals surface area contributed by atoms with Gasteiger partial charge >= 0.3 is 0 Å². The van der Waals surface area contributed by atoms with Crippen LogP contribution in [0.1, 0.15) is 31.4 Å². The lowest BCUT2D eigenvalue weighted by Gasteiger charge is -2.16. The smallest absolute Gasteiger partial charge is 0.122 e. The maximum atomic E-state index is 5.81. The second kappa shape index (κ2) is 6.54. The lowest BCUT2D eigenvalue weighted by atomic mass is 10.1. The van der Waals surface area contributed by atoms with E-state index >= 15 is 0 Å². The predicted octanol–water partition coefficient (Wildman–Crippen LogP) is 3.07. The second-order valence-corrected chi connectivity index (χ2v) is 4.44. The average molecular weight is 221 g/mol. The van der Waals surface area contributed by atoms with Gasteiger partial charge in [-0.3, -0.25) is 0 Å². The molecule has 2 nitrogen and oxygen atoms in total. The lowest BCUT2D eigenvalue weighted by Crippen LogP contribution is -2.32. The van der Waals surface area contributed by atoms with Crippen molar-refractivity contribution >= 4 is 0 Å². The first-order valence-electron chi connectivity index (χ1n) is 6.07. The van der Waals surface area contributed by atoms with Crippen LogP contribution in [-0.4, -0.2) is 19.2 Å². The molecular formula is C14H23NO. The summed E-state index contributed by atoms with van der Waals surface area (Å²) in [6.07, 6.45) is 1.16. The summed E-state index contributed by atoms with van der Waals surface area (Å²) < 4.78 is 5.81. The van der Waals surface area contributed by atoms with Gasteiger partial charge in [-0.1, -0.05) is 19.1 Å². The van der Waals surface area contributed by atoms with Crippen LogP contribution < -0.4 is 10.1 Å². The van der Waals surface area contributed by atoms with Crippen LogP contribution in [0.5, 0.6) is 5.75 Å². The molecule has 2 heteroatoms. The summed E-state index contributed by atoms with van der Waals surface area (Å²) in [5.74, 6) is 1.00. The largest absolute Gasteiger partial charge is 0.492 e. The molecule has 0 bridgehead atoms. The molecule has 0 heterocycles. The van der Waals surface area contributed by atoms with Gasteiger partial charge in [-0.2, -0.15) is 0 Å². The summed E-state index contributed by atoms with van der Waals surface area (Å²) in [7, 11) is 0. The van der Waals surface area contributed by atoms with E-state index in [4.69, 9.17) is 4.74 Å². The molecule has 0 fully saturated rings. The van der Waals surface area contributed by atoms with E-state index in [1.54, 1.807) is 0 Å². The van der Waals surface area contributed by atoms with Crippen LogP contribution >= 0.6 is 0 Å². The van der Waals surface area contributed by atoms with Crippen molar-refractivity contribution in [2.24, 2.45) is 0 Å². The Hall–Kier alpha value is -1.02. The molecule has 1 aromatic rings. The van der Waals surface area contributed by atoms with Gasteiger partial charge in [-0.25, -0.2) is 0 Å². The van der Waals surface area contributed by atoms with E-state index < -0.39 is 0 Å². The molecule has 1 atom stereocenters. The fourth-order valence-electron chi connectivity index (χ4n) is 1.53. The maximum absolute atomic E-state index is 5.81. The van der Waals surface area contributed by atoms with Crippen molar-refractivity contribution in [2.75, 3.05) is 13.2 Å². The molecule has 0 radical (unpaired) electrons. The fourth-order valence-corrected chi connectivity index (χ4v) is 1.53. The van der Waals surface area contributed by atoms with Crippen molar-refractivity contribution in [3.05, 3.63) is 29.3 Å². The fraction of sp³-hybridized carbons (Fsp3) is 0.571. The summed E-state index contributed by atoms with van der Waals surface area (Å²) in [6.45, 7) is 10.3. The molecular weight excluding hydrogens is 198 g/mol. The minimum absolute atomic E-state index is 0.403. The van der Waals surface area contributed by atoms with E-state index in [2.05, 4.69) is 51.2 Å². The summed E-state index contributed by atoms with van der Waals surface area (Å²) in [5, 5.41) is 3.41. The first-order valence-corrected chi connectivity index (χ1v) is 6.07. The number of nitrogens with one attached hydrogen (secondary N) is 1. The Morgan fingerprint density at radius 3 is 2.75 bits per heavy atom. The molecule has 0 aliphatic heterocycles. The Morgan fingerprint density at radius 2 is 2.06 bits per heavy atom. The van der Waals surface area contributed by atoms with E-state index in [1.165, 1.54) is 11.1 Å². The SMILES string of the molecule is CCCNC(C)COc1cc(C)ccc1C. The monoisotopic (exact) mass is 221 g/mol. The quantitative estimate of drug-likeness (QED) is 0.797. The molecule has 0 saturated carbocycles. The highest BCUT2D eigenvalue weighted by atomic mass is 16.5. The first kappa shape index (κ1) is 13.0. The number of benzene rings is 1. The van der Waals surface area contributed by atoms with Gasteiger partial charge in [0.2, 0.25) is 0 Å². The minimum atomic E-state index is 0.403. The van der Waals surface area contributed by atoms with Crippen molar-refractivity contribution in [1.29, 1.82) is 0 Å². The van der Waals surface area contributed by atoms with E-state index in [9.17, 15) is 0 Å². The van der Waals surface area contributed by atoms with E-state index in [0.29, 0.717) is 6.04 Å². The summed E-state index contributed by atoms with van der Waals surface area (Å²) in [6, 6.07) is 6.72. The highest BCUT2D eigenvalue weighted by molar-refractivity contribution is 5.35.